The second-order valence-electron chi connectivity index (χ2n) is 9.35. The third-order valence-electron chi connectivity index (χ3n) is 6.59. The SMILES string of the molecule is CC1(C)Cc2c(sc(NC(=O)C(c3ccccc3)(c3ccccc3)c3ccccc3)c2C#N)CO1. The summed E-state index contributed by atoms with van der Waals surface area (Å²) in [7, 11) is 0. The van der Waals surface area contributed by atoms with E-state index in [2.05, 4.69) is 11.4 Å². The second kappa shape index (κ2) is 9.14. The van der Waals surface area contributed by atoms with Gasteiger partial charge in [0.1, 0.15) is 16.5 Å². The molecule has 0 fully saturated rings. The third-order valence-corrected chi connectivity index (χ3v) is 7.71. The maximum absolute atomic E-state index is 14.5. The van der Waals surface area contributed by atoms with Crippen LogP contribution < -0.4 is 5.32 Å². The first-order chi connectivity index (χ1) is 17.0. The highest BCUT2D eigenvalue weighted by Crippen LogP contribution is 2.44. The lowest BCUT2D eigenvalue weighted by Gasteiger charge is -2.34. The molecule has 0 atom stereocenters. The molecule has 0 unspecified atom stereocenters. The Morgan fingerprint density at radius 1 is 0.914 bits per heavy atom. The van der Waals surface area contributed by atoms with Crippen molar-refractivity contribution in [1.29, 1.82) is 5.26 Å². The molecule has 3 aromatic carbocycles. The van der Waals surface area contributed by atoms with Crippen LogP contribution in [0.15, 0.2) is 91.0 Å². The molecule has 2 heterocycles. The maximum Gasteiger partial charge on any atom is 0.244 e. The number of nitrogens with zero attached hydrogens (tertiary/aromatic N) is 1. The van der Waals surface area contributed by atoms with Gasteiger partial charge in [-0.05, 0) is 36.1 Å². The summed E-state index contributed by atoms with van der Waals surface area (Å²) >= 11 is 1.44. The van der Waals surface area contributed by atoms with Crippen LogP contribution in [-0.2, 0) is 28.0 Å². The number of ether oxygens (including phenoxy) is 1. The van der Waals surface area contributed by atoms with E-state index in [1.807, 2.05) is 105 Å². The number of rotatable bonds is 5. The molecule has 1 amide bonds. The van der Waals surface area contributed by atoms with Gasteiger partial charge in [0.2, 0.25) is 5.91 Å². The molecule has 0 bridgehead atoms. The normalized spacial score (nSPS) is 14.5. The number of anilines is 1. The second-order valence-corrected chi connectivity index (χ2v) is 10.5. The zero-order chi connectivity index (χ0) is 24.5. The summed E-state index contributed by atoms with van der Waals surface area (Å²) in [5.74, 6) is -0.198. The summed E-state index contributed by atoms with van der Waals surface area (Å²) < 4.78 is 5.97. The molecule has 1 aromatic heterocycles. The Morgan fingerprint density at radius 3 is 1.86 bits per heavy atom. The summed E-state index contributed by atoms with van der Waals surface area (Å²) in [6.07, 6.45) is 0.638. The summed E-state index contributed by atoms with van der Waals surface area (Å²) in [6, 6.07) is 31.8. The first-order valence-corrected chi connectivity index (χ1v) is 12.4. The summed E-state index contributed by atoms with van der Waals surface area (Å²) in [5.41, 5.74) is 2.66. The molecular formula is C30H26N2O2S. The van der Waals surface area contributed by atoms with Crippen molar-refractivity contribution in [1.82, 2.24) is 0 Å². The highest BCUT2D eigenvalue weighted by atomic mass is 32.1. The van der Waals surface area contributed by atoms with Crippen molar-refractivity contribution < 1.29 is 9.53 Å². The zero-order valence-electron chi connectivity index (χ0n) is 19.7. The van der Waals surface area contributed by atoms with E-state index in [1.165, 1.54) is 11.3 Å². The zero-order valence-corrected chi connectivity index (χ0v) is 20.6. The van der Waals surface area contributed by atoms with Crippen molar-refractivity contribution in [3.05, 3.63) is 124 Å². The Kier molecular flexibility index (Phi) is 6.02. The number of carbonyl (C=O) groups excluding carboxylic acids is 1. The molecule has 35 heavy (non-hydrogen) atoms. The Bertz CT molecular complexity index is 1290. The fraction of sp³-hybridized carbons (Fsp3) is 0.200. The molecule has 0 radical (unpaired) electrons. The molecule has 0 saturated carbocycles. The van der Waals surface area contributed by atoms with Crippen molar-refractivity contribution in [3.63, 3.8) is 0 Å². The van der Waals surface area contributed by atoms with Gasteiger partial charge in [-0.2, -0.15) is 5.26 Å². The van der Waals surface area contributed by atoms with E-state index in [0.29, 0.717) is 23.6 Å². The summed E-state index contributed by atoms with van der Waals surface area (Å²) in [5, 5.41) is 13.8. The smallest absolute Gasteiger partial charge is 0.244 e. The van der Waals surface area contributed by atoms with Gasteiger partial charge in [-0.1, -0.05) is 91.0 Å². The van der Waals surface area contributed by atoms with Gasteiger partial charge in [-0.25, -0.2) is 0 Å². The van der Waals surface area contributed by atoms with Gasteiger partial charge < -0.3 is 10.1 Å². The lowest BCUT2D eigenvalue weighted by atomic mass is 9.68. The van der Waals surface area contributed by atoms with E-state index >= 15 is 0 Å². The molecule has 4 nitrogen and oxygen atoms in total. The van der Waals surface area contributed by atoms with Gasteiger partial charge >= 0.3 is 0 Å². The molecule has 0 spiro atoms. The summed E-state index contributed by atoms with van der Waals surface area (Å²) in [6.45, 7) is 4.50. The topological polar surface area (TPSA) is 62.1 Å². The molecule has 0 saturated heterocycles. The van der Waals surface area contributed by atoms with Crippen LogP contribution in [0.4, 0.5) is 5.00 Å². The number of carbonyl (C=O) groups is 1. The Balaban J connectivity index is 1.69. The molecule has 5 heteroatoms. The van der Waals surface area contributed by atoms with Crippen LogP contribution in [0.5, 0.6) is 0 Å². The number of fused-ring (bicyclic) bond motifs is 1. The largest absolute Gasteiger partial charge is 0.370 e. The van der Waals surface area contributed by atoms with E-state index in [-0.39, 0.29) is 11.5 Å². The minimum atomic E-state index is -1.10. The van der Waals surface area contributed by atoms with E-state index in [1.54, 1.807) is 0 Å². The van der Waals surface area contributed by atoms with E-state index in [9.17, 15) is 10.1 Å². The molecule has 174 valence electrons. The molecular weight excluding hydrogens is 452 g/mol. The van der Waals surface area contributed by atoms with Gasteiger partial charge in [-0.3, -0.25) is 4.79 Å². The standard InChI is InChI=1S/C30H26N2O2S/c1-29(2)18-24-25(19-31)27(35-26(24)20-34-29)32-28(33)30(21-12-6-3-7-13-21,22-14-8-4-9-15-22)23-16-10-5-11-17-23/h3-17H,18,20H2,1-2H3,(H,32,33). The molecule has 1 aliphatic rings. The van der Waals surface area contributed by atoms with Crippen molar-refractivity contribution in [2.45, 2.75) is 37.9 Å². The van der Waals surface area contributed by atoms with Crippen LogP contribution in [0.1, 0.15) is 46.5 Å². The quantitative estimate of drug-likeness (QED) is 0.336. The number of hydrogen-bond donors (Lipinski definition) is 1. The van der Waals surface area contributed by atoms with Gasteiger partial charge in [0.05, 0.1) is 17.8 Å². The average Bonchev–Trinajstić information content (AvgIpc) is 3.21. The van der Waals surface area contributed by atoms with Gasteiger partial charge in [-0.15, -0.1) is 11.3 Å². The summed E-state index contributed by atoms with van der Waals surface area (Å²) in [4.78, 5) is 15.5. The van der Waals surface area contributed by atoms with Gasteiger partial charge in [0.25, 0.3) is 0 Å². The highest BCUT2D eigenvalue weighted by Gasteiger charge is 2.44. The lowest BCUT2D eigenvalue weighted by Crippen LogP contribution is -2.42. The van der Waals surface area contributed by atoms with Crippen LogP contribution >= 0.6 is 11.3 Å². The van der Waals surface area contributed by atoms with Crippen LogP contribution in [0.25, 0.3) is 0 Å². The number of thiophene rings is 1. The van der Waals surface area contributed by atoms with E-state index < -0.39 is 5.41 Å². The highest BCUT2D eigenvalue weighted by molar-refractivity contribution is 7.16. The Labute approximate surface area is 209 Å². The fourth-order valence-corrected chi connectivity index (χ4v) is 5.99. The monoisotopic (exact) mass is 478 g/mol. The van der Waals surface area contributed by atoms with Crippen molar-refractivity contribution in [2.75, 3.05) is 5.32 Å². The van der Waals surface area contributed by atoms with E-state index in [0.717, 1.165) is 27.1 Å². The Morgan fingerprint density at radius 2 is 1.40 bits per heavy atom. The van der Waals surface area contributed by atoms with Crippen LogP contribution in [0.2, 0.25) is 0 Å². The molecule has 5 rings (SSSR count). The number of amides is 1. The van der Waals surface area contributed by atoms with Crippen LogP contribution in [0, 0.1) is 11.3 Å². The first-order valence-electron chi connectivity index (χ1n) is 11.6. The number of nitrogens with one attached hydrogen (secondary N) is 1. The predicted octanol–water partition coefficient (Wildman–Crippen LogP) is 6.44. The molecule has 1 N–H and O–H groups in total. The van der Waals surface area contributed by atoms with Crippen LogP contribution in [-0.4, -0.2) is 11.5 Å². The van der Waals surface area contributed by atoms with Gasteiger partial charge in [0.15, 0.2) is 0 Å². The molecule has 0 aliphatic carbocycles. The van der Waals surface area contributed by atoms with Crippen molar-refractivity contribution in [2.24, 2.45) is 0 Å². The minimum absolute atomic E-state index is 0.198. The Hall–Kier alpha value is -3.72. The lowest BCUT2D eigenvalue weighted by molar-refractivity contribution is -0.119. The van der Waals surface area contributed by atoms with E-state index in [4.69, 9.17) is 4.74 Å². The predicted molar refractivity (Wildman–Crippen MR) is 139 cm³/mol. The minimum Gasteiger partial charge on any atom is -0.370 e. The molecule has 4 aromatic rings. The average molecular weight is 479 g/mol. The fourth-order valence-electron chi connectivity index (χ4n) is 4.91. The number of benzene rings is 3. The van der Waals surface area contributed by atoms with Crippen molar-refractivity contribution in [3.8, 4) is 6.07 Å². The molecule has 1 aliphatic heterocycles. The first kappa shape index (κ1) is 23.0. The number of hydrogen-bond acceptors (Lipinski definition) is 4. The van der Waals surface area contributed by atoms with Gasteiger partial charge in [0, 0.05) is 11.3 Å². The van der Waals surface area contributed by atoms with Crippen molar-refractivity contribution >= 4 is 22.2 Å². The number of nitriles is 1. The maximum atomic E-state index is 14.5. The third kappa shape index (κ3) is 4.05. The van der Waals surface area contributed by atoms with Crippen LogP contribution in [0.3, 0.4) is 0 Å².